The first-order valence-electron chi connectivity index (χ1n) is 4.38. The lowest BCUT2D eigenvalue weighted by Gasteiger charge is -1.98. The molecule has 0 aliphatic carbocycles. The van der Waals surface area contributed by atoms with Crippen molar-refractivity contribution in [1.29, 1.82) is 0 Å². The minimum atomic E-state index is -4.42. The van der Waals surface area contributed by atoms with Gasteiger partial charge in [0.15, 0.2) is 0 Å². The molecule has 0 aromatic heterocycles. The van der Waals surface area contributed by atoms with E-state index in [1.165, 1.54) is 24.3 Å². The number of aldehydes is 1. The summed E-state index contributed by atoms with van der Waals surface area (Å²) < 4.78 is 48.6. The van der Waals surface area contributed by atoms with Crippen molar-refractivity contribution in [2.75, 3.05) is 0 Å². The van der Waals surface area contributed by atoms with Crippen molar-refractivity contribution in [3.63, 3.8) is 0 Å². The van der Waals surface area contributed by atoms with E-state index < -0.39 is 16.7 Å². The van der Waals surface area contributed by atoms with Crippen LogP contribution in [0.5, 0.6) is 0 Å². The maximum atomic E-state index is 11.7. The van der Waals surface area contributed by atoms with Crippen LogP contribution >= 0.6 is 0 Å². The van der Waals surface area contributed by atoms with Gasteiger partial charge in [-0.1, -0.05) is 18.2 Å². The lowest BCUT2D eigenvalue weighted by Crippen LogP contribution is -2.06. The number of hydrogen-bond acceptors (Lipinski definition) is 4. The van der Waals surface area contributed by atoms with Crippen LogP contribution in [0.1, 0.15) is 15.9 Å². The lowest BCUT2D eigenvalue weighted by molar-refractivity contribution is -0.0432. The zero-order chi connectivity index (χ0) is 12.9. The molecule has 0 radical (unpaired) electrons. The van der Waals surface area contributed by atoms with E-state index in [2.05, 4.69) is 4.18 Å². The molecule has 7 heteroatoms. The van der Waals surface area contributed by atoms with Crippen LogP contribution in [0.25, 0.3) is 6.08 Å². The first-order valence-corrected chi connectivity index (χ1v) is 5.85. The first-order chi connectivity index (χ1) is 7.93. The summed E-state index contributed by atoms with van der Waals surface area (Å²) in [5, 5.41) is 0.503. The zero-order valence-corrected chi connectivity index (χ0v) is 9.23. The summed E-state index contributed by atoms with van der Waals surface area (Å²) in [6.07, 6.45) is 1.65. The van der Waals surface area contributed by atoms with Crippen molar-refractivity contribution in [2.45, 2.75) is 6.61 Å². The molecule has 0 aliphatic heterocycles. The maximum Gasteiger partial charge on any atom is 0.359 e. The summed E-state index contributed by atoms with van der Waals surface area (Å²) >= 11 is 0. The highest BCUT2D eigenvalue weighted by Gasteiger charge is 2.13. The lowest BCUT2D eigenvalue weighted by atomic mass is 10.1. The number of rotatable bonds is 5. The number of carbonyl (C=O) groups excluding carboxylic acids is 1. The molecule has 0 atom stereocenters. The summed E-state index contributed by atoms with van der Waals surface area (Å²) in [5.41, 5.74) is 0.732. The van der Waals surface area contributed by atoms with Crippen molar-refractivity contribution in [1.82, 2.24) is 0 Å². The van der Waals surface area contributed by atoms with Gasteiger partial charge in [-0.25, -0.2) is 0 Å². The summed E-state index contributed by atoms with van der Waals surface area (Å²) in [4.78, 5) is 10.4. The zero-order valence-electron chi connectivity index (χ0n) is 8.42. The monoisotopic (exact) mass is 262 g/mol. The highest BCUT2D eigenvalue weighted by molar-refractivity contribution is 7.89. The fraction of sp³-hybridized carbons (Fsp3) is 0.100. The molecular weight excluding hydrogens is 254 g/mol. The van der Waals surface area contributed by atoms with E-state index in [9.17, 15) is 22.0 Å². The largest absolute Gasteiger partial charge is 0.359 e. The van der Waals surface area contributed by atoms with E-state index in [-0.39, 0.29) is 0 Å². The Morgan fingerprint density at radius 3 is 2.47 bits per heavy atom. The topological polar surface area (TPSA) is 60.4 Å². The van der Waals surface area contributed by atoms with Gasteiger partial charge < -0.3 is 0 Å². The van der Waals surface area contributed by atoms with Crippen LogP contribution in [-0.2, 0) is 14.3 Å². The Kier molecular flexibility index (Phi) is 4.47. The quantitative estimate of drug-likeness (QED) is 0.601. The first kappa shape index (κ1) is 13.5. The normalized spacial score (nSPS) is 12.2. The van der Waals surface area contributed by atoms with Crippen LogP contribution in [0.15, 0.2) is 29.7 Å². The third kappa shape index (κ3) is 4.83. The molecular formula is C10H8F2O4S. The predicted molar refractivity (Wildman–Crippen MR) is 56.9 cm³/mol. The van der Waals surface area contributed by atoms with Gasteiger partial charge in [0, 0.05) is 5.56 Å². The molecule has 0 aliphatic rings. The van der Waals surface area contributed by atoms with Crippen molar-refractivity contribution >= 4 is 22.5 Å². The van der Waals surface area contributed by atoms with Crippen molar-refractivity contribution < 1.29 is 26.2 Å². The SMILES string of the molecule is O=Cc1cccc(C=CS(=O)(=O)OC(F)F)c1. The van der Waals surface area contributed by atoms with Gasteiger partial charge in [-0.15, -0.1) is 0 Å². The number of carbonyl (C=O) groups is 1. The predicted octanol–water partition coefficient (Wildman–Crippen LogP) is 2.04. The third-order valence-corrected chi connectivity index (χ3v) is 2.56. The van der Waals surface area contributed by atoms with E-state index in [0.717, 1.165) is 6.08 Å². The van der Waals surface area contributed by atoms with Gasteiger partial charge in [0.1, 0.15) is 6.29 Å². The van der Waals surface area contributed by atoms with Gasteiger partial charge in [0.25, 0.3) is 10.1 Å². The van der Waals surface area contributed by atoms with Crippen molar-refractivity contribution in [2.24, 2.45) is 0 Å². The van der Waals surface area contributed by atoms with E-state index in [4.69, 9.17) is 0 Å². The Bertz CT molecular complexity index is 523. The number of alkyl halides is 2. The maximum absolute atomic E-state index is 11.7. The molecule has 1 aromatic rings. The van der Waals surface area contributed by atoms with Crippen LogP contribution in [0.4, 0.5) is 8.78 Å². The summed E-state index contributed by atoms with van der Waals surface area (Å²) in [5.74, 6) is 0. The molecule has 0 N–H and O–H groups in total. The summed E-state index contributed by atoms with van der Waals surface area (Å²) in [7, 11) is -4.42. The smallest absolute Gasteiger partial charge is 0.298 e. The Morgan fingerprint density at radius 2 is 1.88 bits per heavy atom. The molecule has 92 valence electrons. The highest BCUT2D eigenvalue weighted by Crippen LogP contribution is 2.09. The minimum absolute atomic E-state index is 0.347. The molecule has 1 rings (SSSR count). The average Bonchev–Trinajstić information content (AvgIpc) is 2.25. The molecule has 0 saturated heterocycles. The molecule has 17 heavy (non-hydrogen) atoms. The molecule has 0 bridgehead atoms. The Balaban J connectivity index is 2.86. The van der Waals surface area contributed by atoms with Gasteiger partial charge in [-0.2, -0.15) is 21.4 Å². The molecule has 0 amide bonds. The summed E-state index contributed by atoms with van der Waals surface area (Å²) in [6.45, 7) is -3.40. The van der Waals surface area contributed by atoms with E-state index in [1.807, 2.05) is 0 Å². The average molecular weight is 262 g/mol. The van der Waals surface area contributed by atoms with Crippen LogP contribution in [0.3, 0.4) is 0 Å². The van der Waals surface area contributed by atoms with E-state index >= 15 is 0 Å². The fourth-order valence-corrected chi connectivity index (χ4v) is 1.62. The molecule has 0 fully saturated rings. The summed E-state index contributed by atoms with van der Waals surface area (Å²) in [6, 6.07) is 5.97. The van der Waals surface area contributed by atoms with Gasteiger partial charge in [-0.05, 0) is 17.7 Å². The second kappa shape index (κ2) is 5.65. The number of benzene rings is 1. The van der Waals surface area contributed by atoms with Crippen molar-refractivity contribution in [3.8, 4) is 0 Å². The molecule has 0 spiro atoms. The van der Waals surface area contributed by atoms with E-state index in [0.29, 0.717) is 22.8 Å². The molecule has 0 unspecified atom stereocenters. The fourth-order valence-electron chi connectivity index (χ4n) is 1.03. The van der Waals surface area contributed by atoms with Crippen LogP contribution < -0.4 is 0 Å². The Labute approximate surface area is 96.6 Å². The van der Waals surface area contributed by atoms with Crippen LogP contribution in [0.2, 0.25) is 0 Å². The van der Waals surface area contributed by atoms with Gasteiger partial charge in [0.05, 0.1) is 5.41 Å². The third-order valence-electron chi connectivity index (χ3n) is 1.68. The van der Waals surface area contributed by atoms with Gasteiger partial charge in [-0.3, -0.25) is 4.79 Å². The van der Waals surface area contributed by atoms with Crippen LogP contribution in [0, 0.1) is 0 Å². The number of halogens is 2. The standard InChI is InChI=1S/C10H8F2O4S/c11-10(12)16-17(14,15)5-4-8-2-1-3-9(6-8)7-13/h1-7,10H. The van der Waals surface area contributed by atoms with E-state index in [1.54, 1.807) is 0 Å². The van der Waals surface area contributed by atoms with Crippen molar-refractivity contribution in [3.05, 3.63) is 40.8 Å². The van der Waals surface area contributed by atoms with Gasteiger partial charge in [0.2, 0.25) is 0 Å². The van der Waals surface area contributed by atoms with Crippen LogP contribution in [-0.4, -0.2) is 21.3 Å². The molecule has 0 heterocycles. The highest BCUT2D eigenvalue weighted by atomic mass is 32.2. The number of hydrogen-bond donors (Lipinski definition) is 0. The minimum Gasteiger partial charge on any atom is -0.298 e. The second-order valence-corrected chi connectivity index (χ2v) is 4.39. The second-order valence-electron chi connectivity index (χ2n) is 2.94. The molecule has 1 aromatic carbocycles. The Morgan fingerprint density at radius 1 is 1.24 bits per heavy atom. The molecule has 4 nitrogen and oxygen atoms in total. The molecule has 0 saturated carbocycles. The van der Waals surface area contributed by atoms with Gasteiger partial charge >= 0.3 is 6.61 Å². The Hall–Kier alpha value is -1.60.